The fourth-order valence-electron chi connectivity index (χ4n) is 1.93. The molecule has 0 radical (unpaired) electrons. The number of nitrogens with zero attached hydrogens (tertiary/aromatic N) is 2. The average molecular weight is 303 g/mol. The second-order valence-electron chi connectivity index (χ2n) is 3.99. The summed E-state index contributed by atoms with van der Waals surface area (Å²) in [4.78, 5) is 12.0. The Kier molecular flexibility index (Phi) is 2.85. The number of para-hydroxylation sites is 1. The number of aromatic amines is 1. The van der Waals surface area contributed by atoms with E-state index in [1.54, 1.807) is 12.4 Å². The van der Waals surface area contributed by atoms with Crippen molar-refractivity contribution in [1.29, 1.82) is 0 Å². The number of benzene rings is 1. The summed E-state index contributed by atoms with van der Waals surface area (Å²) in [6.45, 7) is 0.484. The molecule has 5 heteroatoms. The highest BCUT2D eigenvalue weighted by molar-refractivity contribution is 9.10. The maximum absolute atomic E-state index is 5.71. The molecule has 1 aromatic carbocycles. The molecule has 90 valence electrons. The summed E-state index contributed by atoms with van der Waals surface area (Å²) in [6.07, 6.45) is 3.53. The van der Waals surface area contributed by atoms with E-state index >= 15 is 0 Å². The smallest absolute Gasteiger partial charge is 0.140 e. The van der Waals surface area contributed by atoms with Crippen LogP contribution >= 0.6 is 15.9 Å². The molecule has 3 N–H and O–H groups in total. The number of nitrogens with two attached hydrogens (primary N) is 1. The van der Waals surface area contributed by atoms with E-state index in [4.69, 9.17) is 5.73 Å². The van der Waals surface area contributed by atoms with E-state index in [-0.39, 0.29) is 0 Å². The van der Waals surface area contributed by atoms with E-state index in [0.29, 0.717) is 6.54 Å². The first-order valence-corrected chi connectivity index (χ1v) is 6.36. The van der Waals surface area contributed by atoms with Crippen LogP contribution in [0.2, 0.25) is 0 Å². The SMILES string of the molecule is NCc1cccc2[nH]c(-c3cncc(Br)c3)nc12. The molecule has 0 atom stereocenters. The van der Waals surface area contributed by atoms with Gasteiger partial charge < -0.3 is 10.7 Å². The lowest BCUT2D eigenvalue weighted by Gasteiger charge is -1.96. The topological polar surface area (TPSA) is 67.6 Å². The van der Waals surface area contributed by atoms with Gasteiger partial charge in [0.2, 0.25) is 0 Å². The summed E-state index contributed by atoms with van der Waals surface area (Å²) in [5, 5.41) is 0. The lowest BCUT2D eigenvalue weighted by atomic mass is 10.2. The number of imidazole rings is 1. The van der Waals surface area contributed by atoms with Crippen molar-refractivity contribution in [2.24, 2.45) is 5.73 Å². The minimum Gasteiger partial charge on any atom is -0.338 e. The highest BCUT2D eigenvalue weighted by Gasteiger charge is 2.08. The van der Waals surface area contributed by atoms with Crippen LogP contribution in [0.4, 0.5) is 0 Å². The number of rotatable bonds is 2. The number of H-pyrrole nitrogens is 1. The standard InChI is InChI=1S/C13H11BrN4/c14-10-4-9(6-16-7-10)13-17-11-3-1-2-8(5-15)12(11)18-13/h1-4,6-7H,5,15H2,(H,17,18). The van der Waals surface area contributed by atoms with Gasteiger partial charge in [0.15, 0.2) is 0 Å². The van der Waals surface area contributed by atoms with Crippen molar-refractivity contribution in [3.8, 4) is 11.4 Å². The van der Waals surface area contributed by atoms with Crippen LogP contribution in [0, 0.1) is 0 Å². The van der Waals surface area contributed by atoms with Crippen molar-refractivity contribution in [3.05, 3.63) is 46.7 Å². The molecule has 0 unspecified atom stereocenters. The van der Waals surface area contributed by atoms with Gasteiger partial charge in [0.1, 0.15) is 5.82 Å². The lowest BCUT2D eigenvalue weighted by Crippen LogP contribution is -1.96. The number of hydrogen-bond acceptors (Lipinski definition) is 3. The van der Waals surface area contributed by atoms with Crippen LogP contribution in [-0.4, -0.2) is 15.0 Å². The Balaban J connectivity index is 2.19. The molecule has 0 aliphatic carbocycles. The molecule has 0 aliphatic heterocycles. The molecule has 3 rings (SSSR count). The van der Waals surface area contributed by atoms with Crippen LogP contribution in [0.1, 0.15) is 5.56 Å². The number of pyridine rings is 1. The summed E-state index contributed by atoms with van der Waals surface area (Å²) >= 11 is 3.41. The molecule has 0 amide bonds. The number of fused-ring (bicyclic) bond motifs is 1. The highest BCUT2D eigenvalue weighted by Crippen LogP contribution is 2.23. The van der Waals surface area contributed by atoms with Crippen molar-refractivity contribution >= 4 is 27.0 Å². The fourth-order valence-corrected chi connectivity index (χ4v) is 2.30. The third-order valence-corrected chi connectivity index (χ3v) is 3.23. The first-order valence-electron chi connectivity index (χ1n) is 5.56. The summed E-state index contributed by atoms with van der Waals surface area (Å²) in [6, 6.07) is 7.95. The third kappa shape index (κ3) is 1.91. The lowest BCUT2D eigenvalue weighted by molar-refractivity contribution is 1.08. The molecule has 0 saturated heterocycles. The van der Waals surface area contributed by atoms with Crippen molar-refractivity contribution in [1.82, 2.24) is 15.0 Å². The highest BCUT2D eigenvalue weighted by atomic mass is 79.9. The van der Waals surface area contributed by atoms with Crippen LogP contribution in [0.25, 0.3) is 22.4 Å². The zero-order chi connectivity index (χ0) is 12.5. The Labute approximate surface area is 112 Å². The Bertz CT molecular complexity index is 705. The summed E-state index contributed by atoms with van der Waals surface area (Å²) in [5.41, 5.74) is 9.62. The molecule has 18 heavy (non-hydrogen) atoms. The predicted octanol–water partition coefficient (Wildman–Crippen LogP) is 2.85. The van der Waals surface area contributed by atoms with Gasteiger partial charge in [-0.3, -0.25) is 4.98 Å². The van der Waals surface area contributed by atoms with E-state index in [1.807, 2.05) is 24.3 Å². The fraction of sp³-hybridized carbons (Fsp3) is 0.0769. The number of aromatic nitrogens is 3. The molecule has 3 aromatic rings. The van der Waals surface area contributed by atoms with E-state index in [0.717, 1.165) is 32.5 Å². The Hall–Kier alpha value is -1.72. The average Bonchev–Trinajstić information content (AvgIpc) is 2.82. The van der Waals surface area contributed by atoms with Crippen LogP contribution in [-0.2, 0) is 6.54 Å². The van der Waals surface area contributed by atoms with Gasteiger partial charge in [-0.15, -0.1) is 0 Å². The Morgan fingerprint density at radius 2 is 2.17 bits per heavy atom. The Morgan fingerprint density at radius 3 is 2.94 bits per heavy atom. The van der Waals surface area contributed by atoms with Crippen LogP contribution in [0.5, 0.6) is 0 Å². The molecule has 0 spiro atoms. The van der Waals surface area contributed by atoms with E-state index in [1.165, 1.54) is 0 Å². The van der Waals surface area contributed by atoms with Crippen LogP contribution in [0.3, 0.4) is 0 Å². The minimum atomic E-state index is 0.484. The minimum absolute atomic E-state index is 0.484. The quantitative estimate of drug-likeness (QED) is 0.765. The van der Waals surface area contributed by atoms with Crippen molar-refractivity contribution < 1.29 is 0 Å². The van der Waals surface area contributed by atoms with Gasteiger partial charge in [0, 0.05) is 29.0 Å². The molecule has 0 bridgehead atoms. The van der Waals surface area contributed by atoms with Gasteiger partial charge in [-0.2, -0.15) is 0 Å². The monoisotopic (exact) mass is 302 g/mol. The molecule has 4 nitrogen and oxygen atoms in total. The van der Waals surface area contributed by atoms with Crippen molar-refractivity contribution in [2.45, 2.75) is 6.54 Å². The Morgan fingerprint density at radius 1 is 1.28 bits per heavy atom. The molecular formula is C13H11BrN4. The summed E-state index contributed by atoms with van der Waals surface area (Å²) in [7, 11) is 0. The summed E-state index contributed by atoms with van der Waals surface area (Å²) in [5.74, 6) is 0.805. The van der Waals surface area contributed by atoms with E-state index in [2.05, 4.69) is 30.9 Å². The second kappa shape index (κ2) is 4.51. The molecule has 0 saturated carbocycles. The van der Waals surface area contributed by atoms with E-state index in [9.17, 15) is 0 Å². The largest absolute Gasteiger partial charge is 0.338 e. The molecule has 0 aliphatic rings. The number of halogens is 1. The molecular weight excluding hydrogens is 292 g/mol. The first kappa shape index (κ1) is 11.4. The van der Waals surface area contributed by atoms with Crippen LogP contribution in [0.15, 0.2) is 41.1 Å². The maximum Gasteiger partial charge on any atom is 0.140 e. The third-order valence-electron chi connectivity index (χ3n) is 2.79. The maximum atomic E-state index is 5.71. The molecule has 0 fully saturated rings. The van der Waals surface area contributed by atoms with Crippen molar-refractivity contribution in [2.75, 3.05) is 0 Å². The van der Waals surface area contributed by atoms with Gasteiger partial charge >= 0.3 is 0 Å². The van der Waals surface area contributed by atoms with Gasteiger partial charge in [-0.1, -0.05) is 12.1 Å². The van der Waals surface area contributed by atoms with Gasteiger partial charge in [0.25, 0.3) is 0 Å². The summed E-state index contributed by atoms with van der Waals surface area (Å²) < 4.78 is 0.930. The van der Waals surface area contributed by atoms with Gasteiger partial charge in [0.05, 0.1) is 11.0 Å². The van der Waals surface area contributed by atoms with E-state index < -0.39 is 0 Å². The zero-order valence-electron chi connectivity index (χ0n) is 9.52. The normalized spacial score (nSPS) is 11.0. The zero-order valence-corrected chi connectivity index (χ0v) is 11.1. The molecule has 2 heterocycles. The van der Waals surface area contributed by atoms with Gasteiger partial charge in [-0.05, 0) is 33.6 Å². The number of nitrogens with one attached hydrogen (secondary N) is 1. The molecule has 2 aromatic heterocycles. The van der Waals surface area contributed by atoms with Gasteiger partial charge in [-0.25, -0.2) is 4.98 Å². The van der Waals surface area contributed by atoms with Crippen LogP contribution < -0.4 is 5.73 Å². The first-order chi connectivity index (χ1) is 8.78. The second-order valence-corrected chi connectivity index (χ2v) is 4.91. The number of hydrogen-bond donors (Lipinski definition) is 2. The van der Waals surface area contributed by atoms with Crippen molar-refractivity contribution in [3.63, 3.8) is 0 Å². The predicted molar refractivity (Wildman–Crippen MR) is 74.9 cm³/mol.